The van der Waals surface area contributed by atoms with Gasteiger partial charge in [-0.3, -0.25) is 0 Å². The third-order valence-corrected chi connectivity index (χ3v) is 7.57. The van der Waals surface area contributed by atoms with Gasteiger partial charge < -0.3 is 0 Å². The summed E-state index contributed by atoms with van der Waals surface area (Å²) >= 11 is 1.14. The van der Waals surface area contributed by atoms with E-state index in [1.165, 1.54) is 4.90 Å². The molecular weight excluding hydrogens is 737 g/mol. The van der Waals surface area contributed by atoms with Crippen molar-refractivity contribution in [1.82, 2.24) is 4.90 Å². The molecule has 0 aromatic heterocycles. The average Bonchev–Trinajstić information content (AvgIpc) is 3.12. The number of amides is 1. The van der Waals surface area contributed by atoms with Gasteiger partial charge in [0.15, 0.2) is 0 Å². The van der Waals surface area contributed by atoms with Crippen LogP contribution in [0.4, 0.5) is 0 Å². The second kappa shape index (κ2) is 9.35. The van der Waals surface area contributed by atoms with Gasteiger partial charge in [0, 0.05) is 0 Å². The number of carbonyl (C=O) groups excluding carboxylic acids is 1. The number of para-hydroxylation sites is 2. The Kier molecular flexibility index (Phi) is 7.12. The molecule has 1 amide bonds. The fourth-order valence-corrected chi connectivity index (χ4v) is 5.17. The SMILES string of the molecule is O=C(O)C1CC(Oc2ccccc2[O][Pb])CN1C(=O)[CH]([Pb])c1ccccc1. The van der Waals surface area contributed by atoms with Gasteiger partial charge >= 0.3 is 191 Å². The molecule has 27 heavy (non-hydrogen) atoms. The summed E-state index contributed by atoms with van der Waals surface area (Å²) in [5, 5.41) is 9.61. The predicted octanol–water partition coefficient (Wildman–Crippen LogP) is 1.49. The Hall–Kier alpha value is -1.18. The molecule has 2 aromatic rings. The monoisotopic (exact) mass is 755 g/mol. The number of ether oxygens (including phenoxy) is 1. The topological polar surface area (TPSA) is 76.1 Å². The number of likely N-dealkylation sites (tertiary alicyclic amines) is 1. The van der Waals surface area contributed by atoms with Gasteiger partial charge in [-0.25, -0.2) is 0 Å². The molecule has 0 aliphatic carbocycles. The second-order valence-electron chi connectivity index (χ2n) is 6.21. The molecule has 3 unspecified atom stereocenters. The third kappa shape index (κ3) is 4.82. The summed E-state index contributed by atoms with van der Waals surface area (Å²) in [7, 11) is 0. The Morgan fingerprint density at radius 3 is 2.33 bits per heavy atom. The van der Waals surface area contributed by atoms with Gasteiger partial charge in [-0.15, -0.1) is 0 Å². The molecule has 1 N–H and O–H groups in total. The molecule has 0 bridgehead atoms. The van der Waals surface area contributed by atoms with Crippen molar-refractivity contribution in [3.05, 3.63) is 60.2 Å². The van der Waals surface area contributed by atoms with Crippen LogP contribution in [0.5, 0.6) is 11.5 Å². The third-order valence-electron chi connectivity index (χ3n) is 4.46. The van der Waals surface area contributed by atoms with Crippen LogP contribution in [0.3, 0.4) is 0 Å². The van der Waals surface area contributed by atoms with E-state index in [0.29, 0.717) is 63.5 Å². The van der Waals surface area contributed by atoms with Crippen LogP contribution in [0.2, 0.25) is 0 Å². The minimum atomic E-state index is -0.996. The molecule has 6 nitrogen and oxygen atoms in total. The zero-order valence-corrected chi connectivity index (χ0v) is 22.1. The normalized spacial score (nSPS) is 20.1. The van der Waals surface area contributed by atoms with E-state index < -0.39 is 12.0 Å². The van der Waals surface area contributed by atoms with Crippen LogP contribution in [0, 0.1) is 0 Å². The molecular formula is C19H17NO5Pb2. The van der Waals surface area contributed by atoms with E-state index in [4.69, 9.17) is 7.42 Å². The number of hydrogen-bond donors (Lipinski definition) is 1. The number of hydrogen-bond acceptors (Lipinski definition) is 4. The van der Waals surface area contributed by atoms with Crippen LogP contribution in [0.25, 0.3) is 0 Å². The number of carbonyl (C=O) groups is 2. The van der Waals surface area contributed by atoms with E-state index >= 15 is 0 Å². The van der Waals surface area contributed by atoms with E-state index in [2.05, 4.69) is 0 Å². The van der Waals surface area contributed by atoms with E-state index in [9.17, 15) is 14.7 Å². The summed E-state index contributed by atoms with van der Waals surface area (Å²) in [6.45, 7) is 0.261. The molecule has 1 heterocycles. The predicted molar refractivity (Wildman–Crippen MR) is 99.9 cm³/mol. The number of aliphatic carboxylic acids is 1. The maximum absolute atomic E-state index is 13.0. The van der Waals surface area contributed by atoms with Crippen LogP contribution in [0.15, 0.2) is 54.6 Å². The summed E-state index contributed by atoms with van der Waals surface area (Å²) < 4.78 is 11.1. The number of nitrogens with zero attached hydrogens (tertiary/aromatic N) is 1. The number of benzene rings is 2. The summed E-state index contributed by atoms with van der Waals surface area (Å²) in [4.78, 5) is 26.2. The second-order valence-corrected chi connectivity index (χ2v) is 9.25. The van der Waals surface area contributed by atoms with Crippen molar-refractivity contribution in [2.24, 2.45) is 0 Å². The molecule has 2 aromatic carbocycles. The van der Waals surface area contributed by atoms with Crippen molar-refractivity contribution in [3.63, 3.8) is 0 Å². The molecule has 8 heteroatoms. The fraction of sp³-hybridized carbons (Fsp3) is 0.263. The molecule has 1 aliphatic rings. The average molecular weight is 754 g/mol. The molecule has 3 rings (SSSR count). The Bertz CT molecular complexity index is 817. The molecule has 136 valence electrons. The molecule has 3 atom stereocenters. The Balaban J connectivity index is 1.77. The molecule has 0 spiro atoms. The van der Waals surface area contributed by atoms with E-state index in [1.807, 2.05) is 48.5 Å². The van der Waals surface area contributed by atoms with Crippen molar-refractivity contribution < 1.29 is 22.1 Å². The summed E-state index contributed by atoms with van der Waals surface area (Å²) in [6.07, 6.45) is -0.114. The van der Waals surface area contributed by atoms with Gasteiger partial charge in [0.1, 0.15) is 0 Å². The first-order chi connectivity index (χ1) is 13.0. The van der Waals surface area contributed by atoms with Crippen molar-refractivity contribution in [2.45, 2.75) is 22.0 Å². The van der Waals surface area contributed by atoms with Crippen molar-refractivity contribution in [2.75, 3.05) is 6.54 Å². The van der Waals surface area contributed by atoms with Crippen LogP contribution < -0.4 is 7.42 Å². The summed E-state index contributed by atoms with van der Waals surface area (Å²) in [5.74, 6) is 0.0925. The van der Waals surface area contributed by atoms with Crippen molar-refractivity contribution >= 4 is 63.9 Å². The fourth-order valence-electron chi connectivity index (χ4n) is 3.13. The van der Waals surface area contributed by atoms with Crippen LogP contribution in [-0.4, -0.2) is 92.6 Å². The van der Waals surface area contributed by atoms with E-state index in [0.717, 1.165) is 5.56 Å². The van der Waals surface area contributed by atoms with Gasteiger partial charge in [-0.05, 0) is 0 Å². The molecule has 1 fully saturated rings. The molecule has 1 aliphatic heterocycles. The molecule has 1 saturated heterocycles. The Morgan fingerprint density at radius 1 is 1.07 bits per heavy atom. The molecule has 0 saturated carbocycles. The first-order valence-corrected chi connectivity index (χ1v) is 12.2. The zero-order valence-electron chi connectivity index (χ0n) is 14.4. The first kappa shape index (κ1) is 20.6. The molecule has 6 radical (unpaired) electrons. The van der Waals surface area contributed by atoms with Crippen LogP contribution in [0.1, 0.15) is 15.5 Å². The van der Waals surface area contributed by atoms with E-state index in [-0.39, 0.29) is 28.5 Å². The number of rotatable bonds is 6. The maximum atomic E-state index is 13.0. The van der Waals surface area contributed by atoms with Crippen molar-refractivity contribution in [1.29, 1.82) is 0 Å². The van der Waals surface area contributed by atoms with Gasteiger partial charge in [-0.2, -0.15) is 0 Å². The van der Waals surface area contributed by atoms with Crippen LogP contribution >= 0.6 is 0 Å². The van der Waals surface area contributed by atoms with Gasteiger partial charge in [0.25, 0.3) is 0 Å². The quantitative estimate of drug-likeness (QED) is 0.454. The van der Waals surface area contributed by atoms with E-state index in [1.54, 1.807) is 6.07 Å². The van der Waals surface area contributed by atoms with Gasteiger partial charge in [0.2, 0.25) is 0 Å². The standard InChI is InChI=1S/C19H18NO5.2Pb/c21-16-8-4-5-9-17(16)25-14-11-15(19(23)24)20(12-14)18(22)10-13-6-2-1-3-7-13;;/h1-10,14-15,21H,11-12H2,(H,23,24);;/q;;+1/p-1. The van der Waals surface area contributed by atoms with Gasteiger partial charge in [0.05, 0.1) is 0 Å². The summed E-state index contributed by atoms with van der Waals surface area (Å²) in [6, 6.07) is 16.0. The van der Waals surface area contributed by atoms with Crippen molar-refractivity contribution in [3.8, 4) is 11.5 Å². The summed E-state index contributed by atoms with van der Waals surface area (Å²) in [5.41, 5.74) is 0.928. The number of carboxylic acid groups (broad SMARTS) is 1. The zero-order chi connectivity index (χ0) is 19.4. The Labute approximate surface area is 189 Å². The van der Waals surface area contributed by atoms with Crippen LogP contribution in [-0.2, 0) is 9.59 Å². The Morgan fingerprint density at radius 2 is 1.70 bits per heavy atom. The first-order valence-electron chi connectivity index (χ1n) is 8.40. The minimum absolute atomic E-state index is 0.140. The van der Waals surface area contributed by atoms with Gasteiger partial charge in [-0.1, -0.05) is 0 Å². The number of carboxylic acids is 1.